The van der Waals surface area contributed by atoms with Crippen molar-refractivity contribution in [2.45, 2.75) is 89.3 Å². The smallest absolute Gasteiger partial charge is 0.317 e. The third kappa shape index (κ3) is 5.92. The number of nitrogens with one attached hydrogen (secondary N) is 1. The number of rotatable bonds is 7. The van der Waals surface area contributed by atoms with E-state index < -0.39 is 5.60 Å². The average Bonchev–Trinajstić information content (AvgIpc) is 3.03. The Balaban J connectivity index is 1.08. The first kappa shape index (κ1) is 26.3. The van der Waals surface area contributed by atoms with E-state index in [9.17, 15) is 14.7 Å². The SMILES string of the molecule is CC(C)NC(=O)N1CCC(CCOc2ccc(C(=O)N(C)C3CCC4CC5CC(O)(C4)CC53)cc2)CC1. The highest BCUT2D eigenvalue weighted by atomic mass is 16.5. The van der Waals surface area contributed by atoms with Crippen molar-refractivity contribution in [3.8, 4) is 5.75 Å². The molecule has 1 aliphatic heterocycles. The van der Waals surface area contributed by atoms with E-state index in [4.69, 9.17) is 4.74 Å². The molecular formula is C30H45N3O4. The number of nitrogens with zero attached hydrogens (tertiary/aromatic N) is 2. The van der Waals surface area contributed by atoms with Crippen molar-refractivity contribution in [3.05, 3.63) is 29.8 Å². The van der Waals surface area contributed by atoms with Crippen LogP contribution in [0, 0.1) is 23.7 Å². The zero-order valence-corrected chi connectivity index (χ0v) is 22.8. The summed E-state index contributed by atoms with van der Waals surface area (Å²) in [5.74, 6) is 3.03. The highest BCUT2D eigenvalue weighted by Crippen LogP contribution is 2.56. The maximum atomic E-state index is 13.4. The van der Waals surface area contributed by atoms with Gasteiger partial charge in [0.1, 0.15) is 5.75 Å². The number of urea groups is 1. The Morgan fingerprint density at radius 3 is 2.54 bits per heavy atom. The number of hydrogen-bond donors (Lipinski definition) is 2. The fourth-order valence-corrected chi connectivity index (χ4v) is 7.73. The Morgan fingerprint density at radius 1 is 1.11 bits per heavy atom. The number of hydrogen-bond acceptors (Lipinski definition) is 4. The molecule has 3 saturated carbocycles. The van der Waals surface area contributed by atoms with Crippen molar-refractivity contribution in [2.75, 3.05) is 26.7 Å². The van der Waals surface area contributed by atoms with Gasteiger partial charge in [-0.1, -0.05) is 0 Å². The van der Waals surface area contributed by atoms with Gasteiger partial charge >= 0.3 is 6.03 Å². The molecular weight excluding hydrogens is 466 g/mol. The molecule has 1 aromatic rings. The summed E-state index contributed by atoms with van der Waals surface area (Å²) in [5.41, 5.74) is 0.212. The first-order chi connectivity index (χ1) is 17.7. The standard InChI is InChI=1S/C30H45N3O4/c1-20(2)31-29(35)33-13-10-21(11-14-33)12-15-37-25-7-5-23(6-8-25)28(34)32(3)27-9-4-22-16-24-18-30(36,17-22)19-26(24)27/h5-8,20-22,24,26-27,36H,4,9-19H2,1-3H3,(H,31,35). The molecule has 204 valence electrons. The van der Waals surface area contributed by atoms with Crippen LogP contribution in [-0.2, 0) is 0 Å². The minimum Gasteiger partial charge on any atom is -0.494 e. The van der Waals surface area contributed by atoms with Crippen LogP contribution in [0.1, 0.15) is 82.0 Å². The maximum Gasteiger partial charge on any atom is 0.317 e. The van der Waals surface area contributed by atoms with Crippen LogP contribution in [0.3, 0.4) is 0 Å². The normalized spacial score (nSPS) is 31.3. The van der Waals surface area contributed by atoms with Crippen molar-refractivity contribution in [1.82, 2.24) is 15.1 Å². The van der Waals surface area contributed by atoms with E-state index in [1.807, 2.05) is 55.0 Å². The van der Waals surface area contributed by atoms with Gasteiger partial charge in [-0.25, -0.2) is 4.79 Å². The summed E-state index contributed by atoms with van der Waals surface area (Å²) >= 11 is 0. The summed E-state index contributed by atoms with van der Waals surface area (Å²) < 4.78 is 6.00. The van der Waals surface area contributed by atoms with Gasteiger partial charge in [0, 0.05) is 37.8 Å². The van der Waals surface area contributed by atoms with Gasteiger partial charge < -0.3 is 25.0 Å². The molecule has 4 aliphatic rings. The lowest BCUT2D eigenvalue weighted by atomic mass is 9.77. The Kier molecular flexibility index (Phi) is 7.71. The number of carbonyl (C=O) groups is 2. The third-order valence-electron chi connectivity index (χ3n) is 9.56. The lowest BCUT2D eigenvalue weighted by Crippen LogP contribution is -2.46. The molecule has 3 bridgehead atoms. The number of benzene rings is 1. The van der Waals surface area contributed by atoms with Gasteiger partial charge in [0.15, 0.2) is 0 Å². The number of amides is 3. The molecule has 1 saturated heterocycles. The molecule has 7 heteroatoms. The van der Waals surface area contributed by atoms with Gasteiger partial charge in [0.25, 0.3) is 5.91 Å². The van der Waals surface area contributed by atoms with E-state index in [0.717, 1.165) is 70.2 Å². The van der Waals surface area contributed by atoms with Crippen LogP contribution in [0.25, 0.3) is 0 Å². The summed E-state index contributed by atoms with van der Waals surface area (Å²) in [4.78, 5) is 29.4. The van der Waals surface area contributed by atoms with Crippen LogP contribution >= 0.6 is 0 Å². The van der Waals surface area contributed by atoms with Crippen molar-refractivity contribution < 1.29 is 19.4 Å². The molecule has 1 aromatic carbocycles. The van der Waals surface area contributed by atoms with Gasteiger partial charge in [0.2, 0.25) is 0 Å². The Hall–Kier alpha value is -2.28. The van der Waals surface area contributed by atoms with E-state index in [0.29, 0.717) is 35.8 Å². The Morgan fingerprint density at radius 2 is 1.84 bits per heavy atom. The molecule has 7 nitrogen and oxygen atoms in total. The summed E-state index contributed by atoms with van der Waals surface area (Å²) in [6.45, 7) is 6.22. The highest BCUT2D eigenvalue weighted by Gasteiger charge is 2.54. The molecule has 5 atom stereocenters. The minimum absolute atomic E-state index is 0.0426. The van der Waals surface area contributed by atoms with E-state index in [-0.39, 0.29) is 24.0 Å². The van der Waals surface area contributed by atoms with E-state index in [1.165, 1.54) is 6.42 Å². The van der Waals surface area contributed by atoms with Crippen LogP contribution in [0.4, 0.5) is 4.79 Å². The Labute approximate surface area is 221 Å². The van der Waals surface area contributed by atoms with Gasteiger partial charge in [-0.15, -0.1) is 0 Å². The van der Waals surface area contributed by atoms with Crippen LogP contribution in [0.2, 0.25) is 0 Å². The molecule has 1 heterocycles. The van der Waals surface area contributed by atoms with Crippen LogP contribution in [0.15, 0.2) is 24.3 Å². The summed E-state index contributed by atoms with van der Waals surface area (Å²) in [7, 11) is 1.95. The van der Waals surface area contributed by atoms with Crippen LogP contribution < -0.4 is 10.1 Å². The molecule has 37 heavy (non-hydrogen) atoms. The van der Waals surface area contributed by atoms with E-state index in [2.05, 4.69) is 5.32 Å². The van der Waals surface area contributed by atoms with Gasteiger partial charge in [-0.3, -0.25) is 4.79 Å². The van der Waals surface area contributed by atoms with Crippen LogP contribution in [0.5, 0.6) is 5.75 Å². The fraction of sp³-hybridized carbons (Fsp3) is 0.733. The predicted molar refractivity (Wildman–Crippen MR) is 144 cm³/mol. The minimum atomic E-state index is -0.487. The summed E-state index contributed by atoms with van der Waals surface area (Å²) in [5, 5.41) is 14.0. The second-order valence-electron chi connectivity index (χ2n) is 12.6. The van der Waals surface area contributed by atoms with E-state index in [1.54, 1.807) is 0 Å². The Bertz CT molecular complexity index is 958. The third-order valence-corrected chi connectivity index (χ3v) is 9.56. The van der Waals surface area contributed by atoms with Crippen molar-refractivity contribution in [1.29, 1.82) is 0 Å². The number of piperidine rings is 1. The predicted octanol–water partition coefficient (Wildman–Crippen LogP) is 4.69. The van der Waals surface area contributed by atoms with Gasteiger partial charge in [-0.2, -0.15) is 0 Å². The van der Waals surface area contributed by atoms with Crippen molar-refractivity contribution in [3.63, 3.8) is 0 Å². The molecule has 5 unspecified atom stereocenters. The number of fused-ring (bicyclic) bond motifs is 2. The van der Waals surface area contributed by atoms with Crippen molar-refractivity contribution in [2.24, 2.45) is 23.7 Å². The van der Waals surface area contributed by atoms with Crippen LogP contribution in [-0.4, -0.2) is 71.3 Å². The first-order valence-corrected chi connectivity index (χ1v) is 14.5. The van der Waals surface area contributed by atoms with Crippen molar-refractivity contribution >= 4 is 11.9 Å². The molecule has 0 aromatic heterocycles. The maximum absolute atomic E-state index is 13.4. The summed E-state index contributed by atoms with van der Waals surface area (Å²) in [6, 6.07) is 8.00. The van der Waals surface area contributed by atoms with Gasteiger partial charge in [0.05, 0.1) is 12.2 Å². The number of ether oxygens (including phenoxy) is 1. The fourth-order valence-electron chi connectivity index (χ4n) is 7.73. The lowest BCUT2D eigenvalue weighted by Gasteiger charge is -2.36. The average molecular weight is 512 g/mol. The number of likely N-dealkylation sites (tertiary alicyclic amines) is 1. The number of aliphatic hydroxyl groups is 1. The molecule has 5 rings (SSSR count). The first-order valence-electron chi connectivity index (χ1n) is 14.5. The molecule has 0 spiro atoms. The summed E-state index contributed by atoms with van der Waals surface area (Å²) in [6.07, 6.45) is 9.12. The zero-order valence-electron chi connectivity index (χ0n) is 22.8. The van der Waals surface area contributed by atoms with E-state index >= 15 is 0 Å². The monoisotopic (exact) mass is 511 g/mol. The second-order valence-corrected chi connectivity index (χ2v) is 12.6. The molecule has 2 N–H and O–H groups in total. The highest BCUT2D eigenvalue weighted by molar-refractivity contribution is 5.94. The van der Waals surface area contributed by atoms with Gasteiger partial charge in [-0.05, 0) is 120 Å². The number of carbonyl (C=O) groups excluding carboxylic acids is 2. The molecule has 0 radical (unpaired) electrons. The quantitative estimate of drug-likeness (QED) is 0.557. The lowest BCUT2D eigenvalue weighted by molar-refractivity contribution is -0.00803. The second kappa shape index (κ2) is 10.8. The zero-order chi connectivity index (χ0) is 26.2. The molecule has 3 aliphatic carbocycles. The molecule has 4 fully saturated rings. The molecule has 3 amide bonds. The topological polar surface area (TPSA) is 82.1 Å². The largest absolute Gasteiger partial charge is 0.494 e.